The maximum Gasteiger partial charge on any atom is 0.0653 e. The molecule has 0 radical (unpaired) electrons. The van der Waals surface area contributed by atoms with Gasteiger partial charge in [0.05, 0.1) is 16.4 Å². The molecule has 9 aromatic rings. The van der Waals surface area contributed by atoms with Crippen LogP contribution in [-0.4, -0.2) is 0 Å². The molecule has 9 aromatic carbocycles. The van der Waals surface area contributed by atoms with E-state index in [9.17, 15) is 0 Å². The van der Waals surface area contributed by atoms with Crippen LogP contribution in [0.25, 0.3) is 65.3 Å². The standard InChI is InChI=1S/C50H36ClN/c1-49(2)39-20-7-5-15-32(39)34-24-23-31(26-41(34)49)52(45-28-42-38(27-43(45)51)33-16-6-8-21-40(33)50(42,3)4)44-25-22-30-14-10-18-36-35-17-9-12-29-13-11-19-37(46(29)35)48(44)47(30)36/h5-28H,1-4H3. The van der Waals surface area contributed by atoms with Gasteiger partial charge in [0.25, 0.3) is 0 Å². The quantitative estimate of drug-likeness (QED) is 0.132. The van der Waals surface area contributed by atoms with Gasteiger partial charge in [0.15, 0.2) is 0 Å². The van der Waals surface area contributed by atoms with Gasteiger partial charge in [0.2, 0.25) is 0 Å². The lowest BCUT2D eigenvalue weighted by Gasteiger charge is -2.32. The van der Waals surface area contributed by atoms with Crippen LogP contribution >= 0.6 is 11.6 Å². The molecule has 0 aliphatic heterocycles. The van der Waals surface area contributed by atoms with Crippen molar-refractivity contribution in [2.45, 2.75) is 38.5 Å². The second kappa shape index (κ2) is 10.2. The number of hydrogen-bond donors (Lipinski definition) is 0. The lowest BCUT2D eigenvalue weighted by Crippen LogP contribution is -2.18. The van der Waals surface area contributed by atoms with E-state index in [1.807, 2.05) is 0 Å². The van der Waals surface area contributed by atoms with Gasteiger partial charge in [-0.05, 0) is 113 Å². The van der Waals surface area contributed by atoms with E-state index in [2.05, 4.69) is 178 Å². The molecular weight excluding hydrogens is 650 g/mol. The molecule has 0 saturated carbocycles. The van der Waals surface area contributed by atoms with Crippen molar-refractivity contribution >= 4 is 71.8 Å². The minimum atomic E-state index is -0.173. The molecule has 0 spiro atoms. The van der Waals surface area contributed by atoms with E-state index in [1.165, 1.54) is 87.6 Å². The van der Waals surface area contributed by atoms with Gasteiger partial charge in [-0.15, -0.1) is 0 Å². The number of fused-ring (bicyclic) bond motifs is 8. The largest absolute Gasteiger partial charge is 0.308 e. The average molecular weight is 686 g/mol. The molecular formula is C50H36ClN. The Balaban J connectivity index is 1.26. The van der Waals surface area contributed by atoms with Crippen molar-refractivity contribution in [2.75, 3.05) is 4.90 Å². The highest BCUT2D eigenvalue weighted by atomic mass is 35.5. The average Bonchev–Trinajstić information content (AvgIpc) is 3.53. The maximum absolute atomic E-state index is 7.59. The van der Waals surface area contributed by atoms with E-state index in [0.717, 1.165) is 22.1 Å². The van der Waals surface area contributed by atoms with Gasteiger partial charge in [0.1, 0.15) is 0 Å². The maximum atomic E-state index is 7.59. The normalized spacial score (nSPS) is 14.9. The van der Waals surface area contributed by atoms with E-state index in [0.29, 0.717) is 0 Å². The molecule has 0 fully saturated rings. The molecule has 0 saturated heterocycles. The van der Waals surface area contributed by atoms with Crippen molar-refractivity contribution in [3.05, 3.63) is 173 Å². The Bertz CT molecular complexity index is 2980. The number of nitrogens with zero attached hydrogens (tertiary/aromatic N) is 1. The fraction of sp³-hybridized carbons (Fsp3) is 0.120. The van der Waals surface area contributed by atoms with Crippen LogP contribution in [-0.2, 0) is 10.8 Å². The summed E-state index contributed by atoms with van der Waals surface area (Å²) in [6, 6.07) is 54.2. The predicted octanol–water partition coefficient (Wildman–Crippen LogP) is 14.5. The molecule has 0 atom stereocenters. The smallest absolute Gasteiger partial charge is 0.0653 e. The van der Waals surface area contributed by atoms with Gasteiger partial charge in [-0.1, -0.05) is 155 Å². The minimum Gasteiger partial charge on any atom is -0.308 e. The van der Waals surface area contributed by atoms with Crippen LogP contribution < -0.4 is 4.90 Å². The summed E-state index contributed by atoms with van der Waals surface area (Å²) in [5, 5.41) is 10.9. The summed E-state index contributed by atoms with van der Waals surface area (Å²) in [5.74, 6) is 0. The first-order valence-corrected chi connectivity index (χ1v) is 18.7. The number of halogens is 1. The lowest BCUT2D eigenvalue weighted by atomic mass is 9.82. The number of hydrogen-bond acceptors (Lipinski definition) is 1. The minimum absolute atomic E-state index is 0.145. The molecule has 0 N–H and O–H groups in total. The Kier molecular flexibility index (Phi) is 5.92. The van der Waals surface area contributed by atoms with Crippen LogP contribution in [0.3, 0.4) is 0 Å². The van der Waals surface area contributed by atoms with Crippen molar-refractivity contribution < 1.29 is 0 Å². The third kappa shape index (κ3) is 3.79. The highest BCUT2D eigenvalue weighted by Crippen LogP contribution is 2.56. The molecule has 0 amide bonds. The summed E-state index contributed by atoms with van der Waals surface area (Å²) < 4.78 is 0. The molecule has 2 heteroatoms. The van der Waals surface area contributed by atoms with Crippen molar-refractivity contribution in [2.24, 2.45) is 0 Å². The summed E-state index contributed by atoms with van der Waals surface area (Å²) in [5.41, 5.74) is 13.4. The van der Waals surface area contributed by atoms with Crippen LogP contribution in [0, 0.1) is 0 Å². The van der Waals surface area contributed by atoms with Crippen molar-refractivity contribution in [3.63, 3.8) is 0 Å². The van der Waals surface area contributed by atoms with Crippen LogP contribution in [0.2, 0.25) is 5.02 Å². The Labute approximate surface area is 309 Å². The molecule has 2 aliphatic carbocycles. The third-order valence-electron chi connectivity index (χ3n) is 12.4. The highest BCUT2D eigenvalue weighted by Gasteiger charge is 2.38. The molecule has 0 unspecified atom stereocenters. The molecule has 0 aromatic heterocycles. The van der Waals surface area contributed by atoms with Crippen LogP contribution in [0.15, 0.2) is 146 Å². The summed E-state index contributed by atoms with van der Waals surface area (Å²) in [7, 11) is 0. The van der Waals surface area contributed by atoms with E-state index in [1.54, 1.807) is 0 Å². The van der Waals surface area contributed by atoms with Crippen LogP contribution in [0.1, 0.15) is 49.9 Å². The Morgan fingerprint density at radius 1 is 0.404 bits per heavy atom. The van der Waals surface area contributed by atoms with Gasteiger partial charge < -0.3 is 4.90 Å². The van der Waals surface area contributed by atoms with E-state index in [4.69, 9.17) is 11.6 Å². The molecule has 11 rings (SSSR count). The van der Waals surface area contributed by atoms with Crippen molar-refractivity contribution in [1.29, 1.82) is 0 Å². The van der Waals surface area contributed by atoms with Crippen LogP contribution in [0.4, 0.5) is 17.1 Å². The molecule has 1 nitrogen and oxygen atoms in total. The zero-order chi connectivity index (χ0) is 35.1. The predicted molar refractivity (Wildman–Crippen MR) is 222 cm³/mol. The van der Waals surface area contributed by atoms with Gasteiger partial charge in [0, 0.05) is 21.9 Å². The monoisotopic (exact) mass is 685 g/mol. The molecule has 0 bridgehead atoms. The summed E-state index contributed by atoms with van der Waals surface area (Å²) in [6.45, 7) is 9.41. The Morgan fingerprint density at radius 2 is 0.962 bits per heavy atom. The van der Waals surface area contributed by atoms with E-state index < -0.39 is 0 Å². The highest BCUT2D eigenvalue weighted by molar-refractivity contribution is 6.37. The molecule has 0 heterocycles. The Hall–Kier alpha value is -5.63. The number of rotatable bonds is 3. The number of anilines is 3. The number of benzene rings is 9. The van der Waals surface area contributed by atoms with Crippen molar-refractivity contribution in [1.82, 2.24) is 0 Å². The lowest BCUT2D eigenvalue weighted by molar-refractivity contribution is 0.660. The molecule has 2 aliphatic rings. The summed E-state index contributed by atoms with van der Waals surface area (Å²) in [4.78, 5) is 2.46. The SMILES string of the molecule is CC1(C)c2ccccc2-c2ccc(N(c3cc4c(cc3Cl)-c3ccccc3C4(C)C)c3ccc4cccc5c6cccc7cccc(c3c45)c76)cc21. The van der Waals surface area contributed by atoms with Crippen molar-refractivity contribution in [3.8, 4) is 22.3 Å². The Morgan fingerprint density at radius 3 is 1.65 bits per heavy atom. The van der Waals surface area contributed by atoms with E-state index >= 15 is 0 Å². The first-order chi connectivity index (χ1) is 25.2. The van der Waals surface area contributed by atoms with E-state index in [-0.39, 0.29) is 10.8 Å². The van der Waals surface area contributed by atoms with Gasteiger partial charge in [-0.2, -0.15) is 0 Å². The van der Waals surface area contributed by atoms with Gasteiger partial charge >= 0.3 is 0 Å². The second-order valence-corrected chi connectivity index (χ2v) is 16.2. The second-order valence-electron chi connectivity index (χ2n) is 15.8. The molecule has 52 heavy (non-hydrogen) atoms. The third-order valence-corrected chi connectivity index (χ3v) is 12.7. The van der Waals surface area contributed by atoms with Crippen LogP contribution in [0.5, 0.6) is 0 Å². The summed E-state index contributed by atoms with van der Waals surface area (Å²) in [6.07, 6.45) is 0. The first kappa shape index (κ1) is 30.0. The molecule has 248 valence electrons. The van der Waals surface area contributed by atoms with Gasteiger partial charge in [-0.25, -0.2) is 0 Å². The zero-order valence-electron chi connectivity index (χ0n) is 29.7. The van der Waals surface area contributed by atoms with Gasteiger partial charge in [-0.3, -0.25) is 0 Å². The fourth-order valence-corrected chi connectivity index (χ4v) is 10.2. The fourth-order valence-electron chi connectivity index (χ4n) is 9.95. The topological polar surface area (TPSA) is 3.24 Å². The first-order valence-electron chi connectivity index (χ1n) is 18.3. The zero-order valence-corrected chi connectivity index (χ0v) is 30.4. The summed E-state index contributed by atoms with van der Waals surface area (Å²) >= 11 is 7.59.